The van der Waals surface area contributed by atoms with Gasteiger partial charge in [0, 0.05) is 6.54 Å². The zero-order valence-electron chi connectivity index (χ0n) is 9.46. The van der Waals surface area contributed by atoms with Crippen LogP contribution >= 0.6 is 0 Å². The maximum atomic E-state index is 9.13. The second-order valence-electron chi connectivity index (χ2n) is 5.19. The number of hydrogen-bond acceptors (Lipinski definition) is 2. The molecule has 1 fully saturated rings. The first-order chi connectivity index (χ1) is 7.08. The Labute approximate surface area is 91.3 Å². The smallest absolute Gasteiger partial charge is 0.115 e. The number of phenolic OH excluding ortho intramolecular Hbond substituents is 1. The minimum Gasteiger partial charge on any atom is -0.508 e. The zero-order chi connectivity index (χ0) is 10.9. The largest absolute Gasteiger partial charge is 0.508 e. The third-order valence-corrected chi connectivity index (χ3v) is 3.37. The number of nitrogens with one attached hydrogen (secondary N) is 1. The molecule has 1 aliphatic rings. The molecule has 0 bridgehead atoms. The highest BCUT2D eigenvalue weighted by molar-refractivity contribution is 5.25. The van der Waals surface area contributed by atoms with Crippen LogP contribution in [0.15, 0.2) is 24.3 Å². The van der Waals surface area contributed by atoms with Gasteiger partial charge >= 0.3 is 0 Å². The normalized spacial score (nSPS) is 22.7. The molecule has 2 heteroatoms. The number of benzene rings is 1. The number of phenols is 1. The van der Waals surface area contributed by atoms with Gasteiger partial charge in [0.25, 0.3) is 0 Å². The summed E-state index contributed by atoms with van der Waals surface area (Å²) in [6.07, 6.45) is 1.34. The van der Waals surface area contributed by atoms with Crippen LogP contribution in [0.5, 0.6) is 5.75 Å². The van der Waals surface area contributed by atoms with Gasteiger partial charge in [-0.3, -0.25) is 0 Å². The average Bonchev–Trinajstić information content (AvgIpc) is 2.78. The van der Waals surface area contributed by atoms with E-state index in [0.29, 0.717) is 11.2 Å². The molecule has 1 aromatic carbocycles. The van der Waals surface area contributed by atoms with E-state index in [0.717, 1.165) is 19.0 Å². The van der Waals surface area contributed by atoms with Crippen LogP contribution in [0.1, 0.15) is 25.8 Å². The van der Waals surface area contributed by atoms with Crippen molar-refractivity contribution in [2.24, 2.45) is 11.3 Å². The Morgan fingerprint density at radius 2 is 1.93 bits per heavy atom. The molecule has 1 aromatic rings. The summed E-state index contributed by atoms with van der Waals surface area (Å²) in [7, 11) is 0. The Bertz CT molecular complexity index is 329. The number of rotatable bonds is 4. The Balaban J connectivity index is 1.72. The van der Waals surface area contributed by atoms with Crippen molar-refractivity contribution in [3.63, 3.8) is 0 Å². The summed E-state index contributed by atoms with van der Waals surface area (Å²) in [6.45, 7) is 6.64. The minimum atomic E-state index is 0.335. The van der Waals surface area contributed by atoms with Gasteiger partial charge in [-0.1, -0.05) is 26.0 Å². The fourth-order valence-corrected chi connectivity index (χ4v) is 1.93. The lowest BCUT2D eigenvalue weighted by Gasteiger charge is -2.06. The van der Waals surface area contributed by atoms with E-state index in [1.54, 1.807) is 12.1 Å². The van der Waals surface area contributed by atoms with Gasteiger partial charge in [0.2, 0.25) is 0 Å². The van der Waals surface area contributed by atoms with Crippen LogP contribution in [0.25, 0.3) is 0 Å². The van der Waals surface area contributed by atoms with Gasteiger partial charge in [-0.15, -0.1) is 0 Å². The zero-order valence-corrected chi connectivity index (χ0v) is 9.46. The summed E-state index contributed by atoms with van der Waals surface area (Å²) in [5, 5.41) is 12.6. The van der Waals surface area contributed by atoms with Crippen LogP contribution in [-0.2, 0) is 6.54 Å². The van der Waals surface area contributed by atoms with Crippen molar-refractivity contribution in [2.45, 2.75) is 26.8 Å². The van der Waals surface area contributed by atoms with E-state index in [1.165, 1.54) is 12.0 Å². The van der Waals surface area contributed by atoms with E-state index in [4.69, 9.17) is 5.11 Å². The van der Waals surface area contributed by atoms with E-state index in [-0.39, 0.29) is 0 Å². The van der Waals surface area contributed by atoms with Crippen molar-refractivity contribution in [3.05, 3.63) is 29.8 Å². The predicted octanol–water partition coefficient (Wildman–Crippen LogP) is 2.53. The van der Waals surface area contributed by atoms with Gasteiger partial charge < -0.3 is 10.4 Å². The van der Waals surface area contributed by atoms with Crippen molar-refractivity contribution in [1.82, 2.24) is 5.32 Å². The Kier molecular flexibility index (Phi) is 2.70. The second kappa shape index (κ2) is 3.86. The van der Waals surface area contributed by atoms with Crippen LogP contribution in [0.2, 0.25) is 0 Å². The maximum Gasteiger partial charge on any atom is 0.115 e. The van der Waals surface area contributed by atoms with Crippen LogP contribution < -0.4 is 5.32 Å². The van der Waals surface area contributed by atoms with E-state index in [1.807, 2.05) is 12.1 Å². The van der Waals surface area contributed by atoms with Crippen molar-refractivity contribution in [3.8, 4) is 5.75 Å². The third-order valence-electron chi connectivity index (χ3n) is 3.37. The van der Waals surface area contributed by atoms with Crippen LogP contribution in [0.4, 0.5) is 0 Å². The summed E-state index contributed by atoms with van der Waals surface area (Å²) in [5.41, 5.74) is 1.79. The first kappa shape index (κ1) is 10.5. The predicted molar refractivity (Wildman–Crippen MR) is 61.7 cm³/mol. The molecule has 1 saturated carbocycles. The molecule has 0 spiro atoms. The van der Waals surface area contributed by atoms with Crippen LogP contribution in [-0.4, -0.2) is 11.7 Å². The lowest BCUT2D eigenvalue weighted by molar-refractivity contribution is 0.474. The second-order valence-corrected chi connectivity index (χ2v) is 5.19. The van der Waals surface area contributed by atoms with Gasteiger partial charge in [-0.2, -0.15) is 0 Å². The van der Waals surface area contributed by atoms with E-state index < -0.39 is 0 Å². The molecule has 82 valence electrons. The average molecular weight is 205 g/mol. The van der Waals surface area contributed by atoms with Gasteiger partial charge in [0.05, 0.1) is 0 Å². The maximum absolute atomic E-state index is 9.13. The molecule has 2 rings (SSSR count). The molecule has 1 unspecified atom stereocenters. The highest BCUT2D eigenvalue weighted by atomic mass is 16.3. The van der Waals surface area contributed by atoms with Gasteiger partial charge in [0.1, 0.15) is 5.75 Å². The summed E-state index contributed by atoms with van der Waals surface area (Å²) in [4.78, 5) is 0. The Hall–Kier alpha value is -1.02. The van der Waals surface area contributed by atoms with E-state index in [9.17, 15) is 0 Å². The van der Waals surface area contributed by atoms with Crippen molar-refractivity contribution in [1.29, 1.82) is 0 Å². The lowest BCUT2D eigenvalue weighted by atomic mass is 10.1. The summed E-state index contributed by atoms with van der Waals surface area (Å²) < 4.78 is 0. The molecule has 0 radical (unpaired) electrons. The molecule has 1 atom stereocenters. The highest BCUT2D eigenvalue weighted by Crippen LogP contribution is 2.50. The van der Waals surface area contributed by atoms with Crippen LogP contribution in [0.3, 0.4) is 0 Å². The molecule has 0 amide bonds. The van der Waals surface area contributed by atoms with Gasteiger partial charge in [-0.05, 0) is 42.0 Å². The monoisotopic (exact) mass is 205 g/mol. The standard InChI is InChI=1S/C13H19NO/c1-13(2)7-11(13)9-14-8-10-3-5-12(15)6-4-10/h3-6,11,14-15H,7-9H2,1-2H3. The molecule has 1 aliphatic carbocycles. The lowest BCUT2D eigenvalue weighted by Crippen LogP contribution is -2.17. The molecule has 0 saturated heterocycles. The van der Waals surface area contributed by atoms with Gasteiger partial charge in [0.15, 0.2) is 0 Å². The van der Waals surface area contributed by atoms with Crippen LogP contribution in [0, 0.1) is 11.3 Å². The minimum absolute atomic E-state index is 0.335. The molecular weight excluding hydrogens is 186 g/mol. The SMILES string of the molecule is CC1(C)CC1CNCc1ccc(O)cc1. The van der Waals surface area contributed by atoms with E-state index >= 15 is 0 Å². The highest BCUT2D eigenvalue weighted by Gasteiger charge is 2.44. The Morgan fingerprint density at radius 1 is 1.33 bits per heavy atom. The van der Waals surface area contributed by atoms with Crippen molar-refractivity contribution < 1.29 is 5.11 Å². The molecule has 0 aromatic heterocycles. The fraction of sp³-hybridized carbons (Fsp3) is 0.538. The fourth-order valence-electron chi connectivity index (χ4n) is 1.93. The molecule has 0 heterocycles. The Morgan fingerprint density at radius 3 is 2.47 bits per heavy atom. The van der Waals surface area contributed by atoms with Crippen molar-refractivity contribution in [2.75, 3.05) is 6.54 Å². The van der Waals surface area contributed by atoms with Crippen molar-refractivity contribution >= 4 is 0 Å². The molecule has 2 nitrogen and oxygen atoms in total. The summed E-state index contributed by atoms with van der Waals surface area (Å²) in [5.74, 6) is 1.18. The molecule has 15 heavy (non-hydrogen) atoms. The summed E-state index contributed by atoms with van der Waals surface area (Å²) >= 11 is 0. The number of aromatic hydroxyl groups is 1. The number of hydrogen-bond donors (Lipinski definition) is 2. The quantitative estimate of drug-likeness (QED) is 0.791. The topological polar surface area (TPSA) is 32.3 Å². The molecule has 0 aliphatic heterocycles. The van der Waals surface area contributed by atoms with E-state index in [2.05, 4.69) is 19.2 Å². The third kappa shape index (κ3) is 2.72. The first-order valence-corrected chi connectivity index (χ1v) is 5.56. The summed E-state index contributed by atoms with van der Waals surface area (Å²) in [6, 6.07) is 7.39. The first-order valence-electron chi connectivity index (χ1n) is 5.56. The molecule has 2 N–H and O–H groups in total. The molecular formula is C13H19NO. The van der Waals surface area contributed by atoms with Gasteiger partial charge in [-0.25, -0.2) is 0 Å².